The van der Waals surface area contributed by atoms with Gasteiger partial charge in [-0.3, -0.25) is 0 Å². The van der Waals surface area contributed by atoms with Crippen molar-refractivity contribution in [3.05, 3.63) is 24.3 Å². The summed E-state index contributed by atoms with van der Waals surface area (Å²) in [5, 5.41) is 21.8. The fourth-order valence-corrected chi connectivity index (χ4v) is 2.57. The van der Waals surface area contributed by atoms with E-state index in [9.17, 15) is 18.6 Å². The van der Waals surface area contributed by atoms with Crippen LogP contribution in [0.3, 0.4) is 0 Å². The highest BCUT2D eigenvalue weighted by Crippen LogP contribution is 2.21. The fourth-order valence-electron chi connectivity index (χ4n) is 1.67. The Morgan fingerprint density at radius 2 is 1.65 bits per heavy atom. The molecule has 0 saturated heterocycles. The number of hydrogen-bond donors (Lipinski definition) is 3. The highest BCUT2D eigenvalue weighted by Gasteiger charge is 2.26. The molecule has 0 aromatic heterocycles. The second kappa shape index (κ2) is 6.53. The predicted molar refractivity (Wildman–Crippen MR) is 78.1 cm³/mol. The molecule has 0 amide bonds. The van der Waals surface area contributed by atoms with Gasteiger partial charge < -0.3 is 15.5 Å². The summed E-state index contributed by atoms with van der Waals surface area (Å²) in [6.45, 7) is 1.43. The van der Waals surface area contributed by atoms with Crippen molar-refractivity contribution in [1.82, 2.24) is 4.31 Å². The van der Waals surface area contributed by atoms with Crippen LogP contribution in [0.25, 0.3) is 0 Å². The minimum Gasteiger partial charge on any atom is -0.394 e. The van der Waals surface area contributed by atoms with Crippen molar-refractivity contribution in [3.8, 4) is 0 Å². The zero-order valence-electron chi connectivity index (χ0n) is 12.0. The van der Waals surface area contributed by atoms with Gasteiger partial charge in [0.1, 0.15) is 0 Å². The molecule has 0 unspecified atom stereocenters. The molecule has 0 bridgehead atoms. The SMILES string of the molecule is CCC(CO)(CO)Nc1ccc(S(=O)(=O)N(C)C)cc1. The number of aliphatic hydroxyl groups is 2. The van der Waals surface area contributed by atoms with E-state index in [0.29, 0.717) is 12.1 Å². The monoisotopic (exact) mass is 302 g/mol. The molecule has 0 saturated carbocycles. The lowest BCUT2D eigenvalue weighted by Crippen LogP contribution is -2.45. The number of aliphatic hydroxyl groups excluding tert-OH is 2. The minimum atomic E-state index is -3.45. The number of nitrogens with zero attached hydrogens (tertiary/aromatic N) is 1. The van der Waals surface area contributed by atoms with Gasteiger partial charge in [0.25, 0.3) is 0 Å². The molecule has 7 heteroatoms. The first-order valence-electron chi connectivity index (χ1n) is 6.34. The molecule has 0 aliphatic carbocycles. The van der Waals surface area contributed by atoms with Gasteiger partial charge >= 0.3 is 0 Å². The van der Waals surface area contributed by atoms with Gasteiger partial charge in [0.05, 0.1) is 23.6 Å². The van der Waals surface area contributed by atoms with Gasteiger partial charge in [-0.05, 0) is 30.7 Å². The standard InChI is InChI=1S/C13H22N2O4S/c1-4-13(9-16,10-17)14-11-5-7-12(8-6-11)20(18,19)15(2)3/h5-8,14,16-17H,4,9-10H2,1-3H3. The molecular weight excluding hydrogens is 280 g/mol. The second-order valence-corrected chi connectivity index (χ2v) is 7.04. The van der Waals surface area contributed by atoms with Crippen molar-refractivity contribution in [2.24, 2.45) is 0 Å². The van der Waals surface area contributed by atoms with Crippen LogP contribution in [0.1, 0.15) is 13.3 Å². The van der Waals surface area contributed by atoms with Crippen LogP contribution in [0.5, 0.6) is 0 Å². The van der Waals surface area contributed by atoms with E-state index in [4.69, 9.17) is 0 Å². The lowest BCUT2D eigenvalue weighted by atomic mass is 9.98. The van der Waals surface area contributed by atoms with Crippen molar-refractivity contribution in [2.45, 2.75) is 23.8 Å². The predicted octanol–water partition coefficient (Wildman–Crippen LogP) is 0.482. The third-order valence-electron chi connectivity index (χ3n) is 3.32. The molecule has 0 aliphatic rings. The number of hydrogen-bond acceptors (Lipinski definition) is 5. The third-order valence-corrected chi connectivity index (χ3v) is 5.15. The van der Waals surface area contributed by atoms with E-state index in [0.717, 1.165) is 4.31 Å². The van der Waals surface area contributed by atoms with E-state index >= 15 is 0 Å². The fraction of sp³-hybridized carbons (Fsp3) is 0.538. The summed E-state index contributed by atoms with van der Waals surface area (Å²) in [5.41, 5.74) is -0.158. The number of anilines is 1. The van der Waals surface area contributed by atoms with Crippen LogP contribution < -0.4 is 5.32 Å². The number of benzene rings is 1. The first-order chi connectivity index (χ1) is 9.31. The smallest absolute Gasteiger partial charge is 0.242 e. The number of nitrogens with one attached hydrogen (secondary N) is 1. The second-order valence-electron chi connectivity index (χ2n) is 4.89. The molecule has 0 atom stereocenters. The summed E-state index contributed by atoms with van der Waals surface area (Å²) in [6.07, 6.45) is 0.539. The van der Waals surface area contributed by atoms with Gasteiger partial charge in [-0.15, -0.1) is 0 Å². The molecule has 0 fully saturated rings. The molecule has 1 aromatic carbocycles. The zero-order valence-corrected chi connectivity index (χ0v) is 12.8. The molecule has 6 nitrogen and oxygen atoms in total. The van der Waals surface area contributed by atoms with Crippen LogP contribution in [-0.4, -0.2) is 55.8 Å². The van der Waals surface area contributed by atoms with Gasteiger partial charge in [0.2, 0.25) is 10.0 Å². The Morgan fingerprint density at radius 3 is 2.00 bits per heavy atom. The first-order valence-corrected chi connectivity index (χ1v) is 7.78. The molecule has 0 spiro atoms. The quantitative estimate of drug-likeness (QED) is 0.682. The van der Waals surface area contributed by atoms with Crippen molar-refractivity contribution in [1.29, 1.82) is 0 Å². The Balaban J connectivity index is 2.98. The van der Waals surface area contributed by atoms with Gasteiger partial charge in [-0.25, -0.2) is 12.7 Å². The van der Waals surface area contributed by atoms with Crippen molar-refractivity contribution in [3.63, 3.8) is 0 Å². The zero-order chi connectivity index (χ0) is 15.4. The normalized spacial score (nSPS) is 12.7. The summed E-state index contributed by atoms with van der Waals surface area (Å²) >= 11 is 0. The lowest BCUT2D eigenvalue weighted by Gasteiger charge is -2.31. The van der Waals surface area contributed by atoms with Crippen LogP contribution in [0.4, 0.5) is 5.69 Å². The molecule has 0 aliphatic heterocycles. The van der Waals surface area contributed by atoms with Crippen molar-refractivity contribution >= 4 is 15.7 Å². The third kappa shape index (κ3) is 3.49. The summed E-state index contributed by atoms with van der Waals surface area (Å²) in [5.74, 6) is 0. The topological polar surface area (TPSA) is 89.9 Å². The van der Waals surface area contributed by atoms with E-state index in [1.54, 1.807) is 12.1 Å². The van der Waals surface area contributed by atoms with Crippen LogP contribution in [0.15, 0.2) is 29.2 Å². The average Bonchev–Trinajstić information content (AvgIpc) is 2.45. The number of rotatable bonds is 7. The Kier molecular flexibility index (Phi) is 5.52. The maximum atomic E-state index is 11.9. The van der Waals surface area contributed by atoms with Crippen LogP contribution in [0.2, 0.25) is 0 Å². The molecule has 0 heterocycles. The van der Waals surface area contributed by atoms with Gasteiger partial charge in [0.15, 0.2) is 0 Å². The molecule has 1 rings (SSSR count). The van der Waals surface area contributed by atoms with Crippen LogP contribution in [-0.2, 0) is 10.0 Å². The van der Waals surface area contributed by atoms with Crippen LogP contribution in [0, 0.1) is 0 Å². The van der Waals surface area contributed by atoms with Gasteiger partial charge in [-0.2, -0.15) is 0 Å². The lowest BCUT2D eigenvalue weighted by molar-refractivity contribution is 0.132. The summed E-state index contributed by atoms with van der Waals surface area (Å²) in [6, 6.07) is 6.22. The Labute approximate surface area is 120 Å². The molecular formula is C13H22N2O4S. The van der Waals surface area contributed by atoms with E-state index in [2.05, 4.69) is 5.32 Å². The van der Waals surface area contributed by atoms with Crippen molar-refractivity contribution < 1.29 is 18.6 Å². The average molecular weight is 302 g/mol. The Bertz CT molecular complexity index is 514. The Morgan fingerprint density at radius 1 is 1.15 bits per heavy atom. The van der Waals surface area contributed by atoms with E-state index < -0.39 is 15.6 Å². The van der Waals surface area contributed by atoms with E-state index in [1.807, 2.05) is 6.92 Å². The van der Waals surface area contributed by atoms with Gasteiger partial charge in [-0.1, -0.05) is 6.92 Å². The number of sulfonamides is 1. The summed E-state index contributed by atoms with van der Waals surface area (Å²) in [4.78, 5) is 0.197. The summed E-state index contributed by atoms with van der Waals surface area (Å²) < 4.78 is 25.0. The largest absolute Gasteiger partial charge is 0.394 e. The maximum absolute atomic E-state index is 11.9. The molecule has 3 N–H and O–H groups in total. The molecule has 0 radical (unpaired) electrons. The van der Waals surface area contributed by atoms with Crippen molar-refractivity contribution in [2.75, 3.05) is 32.6 Å². The first kappa shape index (κ1) is 16.9. The summed E-state index contributed by atoms with van der Waals surface area (Å²) in [7, 11) is -0.501. The molecule has 20 heavy (non-hydrogen) atoms. The van der Waals surface area contributed by atoms with E-state index in [1.165, 1.54) is 26.2 Å². The molecule has 1 aromatic rings. The maximum Gasteiger partial charge on any atom is 0.242 e. The minimum absolute atomic E-state index is 0.197. The van der Waals surface area contributed by atoms with Gasteiger partial charge in [0, 0.05) is 19.8 Å². The van der Waals surface area contributed by atoms with E-state index in [-0.39, 0.29) is 18.1 Å². The highest BCUT2D eigenvalue weighted by atomic mass is 32.2. The van der Waals surface area contributed by atoms with Crippen LogP contribution >= 0.6 is 0 Å². The highest BCUT2D eigenvalue weighted by molar-refractivity contribution is 7.89. The molecule has 114 valence electrons. The Hall–Kier alpha value is -1.15.